The van der Waals surface area contributed by atoms with Crippen LogP contribution in [0.3, 0.4) is 0 Å². The Morgan fingerprint density at radius 1 is 1.50 bits per heavy atom. The van der Waals surface area contributed by atoms with Crippen LogP contribution in [0.2, 0.25) is 5.02 Å². The monoisotopic (exact) mass is 213 g/mol. The van der Waals surface area contributed by atoms with Crippen molar-refractivity contribution in [2.24, 2.45) is 0 Å². The van der Waals surface area contributed by atoms with E-state index in [4.69, 9.17) is 21.6 Å². The summed E-state index contributed by atoms with van der Waals surface area (Å²) in [5.41, 5.74) is 1.05. The molecule has 6 heteroatoms. The van der Waals surface area contributed by atoms with E-state index in [0.29, 0.717) is 23.4 Å². The summed E-state index contributed by atoms with van der Waals surface area (Å²) in [5.74, 6) is 0. The van der Waals surface area contributed by atoms with Gasteiger partial charge < -0.3 is 15.4 Å². The van der Waals surface area contributed by atoms with Gasteiger partial charge in [-0.25, -0.2) is 0 Å². The third-order valence-electron chi connectivity index (χ3n) is 1.75. The van der Waals surface area contributed by atoms with Gasteiger partial charge in [0.05, 0.1) is 0 Å². The van der Waals surface area contributed by atoms with Gasteiger partial charge >= 0.3 is 7.12 Å². The molecule has 14 heavy (non-hydrogen) atoms. The number of carbonyl (C=O) groups excluding carboxylic acids is 1. The lowest BCUT2D eigenvalue weighted by molar-refractivity contribution is -0.109. The lowest BCUT2D eigenvalue weighted by Crippen LogP contribution is -2.29. The summed E-state index contributed by atoms with van der Waals surface area (Å²) in [4.78, 5) is 10.0. The SMILES string of the molecule is O=CNCc1ccc(B(O)O)cc1Cl. The Morgan fingerprint density at radius 2 is 2.21 bits per heavy atom. The summed E-state index contributed by atoms with van der Waals surface area (Å²) < 4.78 is 0. The van der Waals surface area contributed by atoms with Gasteiger partial charge in [0, 0.05) is 11.6 Å². The van der Waals surface area contributed by atoms with Gasteiger partial charge in [0.2, 0.25) is 6.41 Å². The lowest BCUT2D eigenvalue weighted by Gasteiger charge is -2.05. The van der Waals surface area contributed by atoms with Gasteiger partial charge in [0.25, 0.3) is 0 Å². The number of rotatable bonds is 4. The zero-order valence-corrected chi connectivity index (χ0v) is 8.03. The van der Waals surface area contributed by atoms with Crippen molar-refractivity contribution in [2.75, 3.05) is 0 Å². The van der Waals surface area contributed by atoms with Crippen molar-refractivity contribution >= 4 is 30.6 Å². The fourth-order valence-electron chi connectivity index (χ4n) is 1.02. The normalized spacial score (nSPS) is 9.64. The zero-order chi connectivity index (χ0) is 10.6. The molecule has 0 saturated carbocycles. The second-order valence-electron chi connectivity index (χ2n) is 2.72. The minimum atomic E-state index is -1.53. The molecule has 0 fully saturated rings. The molecular weight excluding hydrogens is 204 g/mol. The minimum absolute atomic E-state index is 0.324. The van der Waals surface area contributed by atoms with Crippen molar-refractivity contribution in [1.82, 2.24) is 5.32 Å². The predicted octanol–water partition coefficient (Wildman–Crippen LogP) is -0.734. The average molecular weight is 213 g/mol. The Balaban J connectivity index is 2.84. The second-order valence-corrected chi connectivity index (χ2v) is 3.13. The Labute approximate surface area is 86.7 Å². The van der Waals surface area contributed by atoms with Crippen LogP contribution in [0.1, 0.15) is 5.56 Å². The Morgan fingerprint density at radius 3 is 2.71 bits per heavy atom. The number of hydrogen-bond acceptors (Lipinski definition) is 3. The highest BCUT2D eigenvalue weighted by molar-refractivity contribution is 6.59. The van der Waals surface area contributed by atoms with Crippen LogP contribution in [0.4, 0.5) is 0 Å². The quantitative estimate of drug-likeness (QED) is 0.456. The first-order valence-corrected chi connectivity index (χ1v) is 4.34. The third-order valence-corrected chi connectivity index (χ3v) is 2.10. The predicted molar refractivity (Wildman–Crippen MR) is 54.2 cm³/mol. The molecule has 0 spiro atoms. The molecule has 74 valence electrons. The van der Waals surface area contributed by atoms with Crippen LogP contribution in [0.15, 0.2) is 18.2 Å². The minimum Gasteiger partial charge on any atom is -0.423 e. The maximum Gasteiger partial charge on any atom is 0.488 e. The van der Waals surface area contributed by atoms with E-state index in [1.165, 1.54) is 6.07 Å². The van der Waals surface area contributed by atoms with Gasteiger partial charge in [-0.2, -0.15) is 0 Å². The highest BCUT2D eigenvalue weighted by Gasteiger charge is 2.12. The molecule has 0 bridgehead atoms. The molecule has 1 aromatic carbocycles. The summed E-state index contributed by atoms with van der Waals surface area (Å²) in [7, 11) is -1.53. The fourth-order valence-corrected chi connectivity index (χ4v) is 1.27. The van der Waals surface area contributed by atoms with E-state index < -0.39 is 7.12 Å². The summed E-state index contributed by atoms with van der Waals surface area (Å²) >= 11 is 5.83. The number of benzene rings is 1. The molecule has 4 nitrogen and oxygen atoms in total. The van der Waals surface area contributed by atoms with E-state index in [1.54, 1.807) is 12.1 Å². The molecule has 0 heterocycles. The summed E-state index contributed by atoms with van der Waals surface area (Å²) in [6, 6.07) is 4.63. The van der Waals surface area contributed by atoms with E-state index in [9.17, 15) is 4.79 Å². The van der Waals surface area contributed by atoms with E-state index in [-0.39, 0.29) is 0 Å². The molecule has 0 aromatic heterocycles. The van der Waals surface area contributed by atoms with Crippen molar-refractivity contribution < 1.29 is 14.8 Å². The number of amides is 1. The topological polar surface area (TPSA) is 69.6 Å². The first-order chi connectivity index (χ1) is 6.65. The highest BCUT2D eigenvalue weighted by atomic mass is 35.5. The van der Waals surface area contributed by atoms with E-state index in [1.807, 2.05) is 0 Å². The van der Waals surface area contributed by atoms with Crippen molar-refractivity contribution in [3.8, 4) is 0 Å². The van der Waals surface area contributed by atoms with Crippen LogP contribution in [-0.2, 0) is 11.3 Å². The second kappa shape index (κ2) is 5.00. The molecular formula is C8H9BClNO3. The molecule has 0 aliphatic rings. The number of hydrogen-bond donors (Lipinski definition) is 3. The van der Waals surface area contributed by atoms with E-state index in [2.05, 4.69) is 5.32 Å². The van der Waals surface area contributed by atoms with Crippen molar-refractivity contribution in [3.63, 3.8) is 0 Å². The lowest BCUT2D eigenvalue weighted by atomic mass is 9.80. The van der Waals surface area contributed by atoms with Crippen LogP contribution in [0, 0.1) is 0 Å². The van der Waals surface area contributed by atoms with Crippen LogP contribution in [0.25, 0.3) is 0 Å². The Hall–Kier alpha value is -1.04. The standard InChI is InChI=1S/C8H9BClNO3/c10-8-3-7(9(13)14)2-1-6(8)4-11-5-12/h1-3,5,13-14H,4H2,(H,11,12). The van der Waals surface area contributed by atoms with Gasteiger partial charge in [-0.15, -0.1) is 0 Å². The number of nitrogens with one attached hydrogen (secondary N) is 1. The number of carbonyl (C=O) groups is 1. The van der Waals surface area contributed by atoms with Crippen molar-refractivity contribution in [1.29, 1.82) is 0 Å². The van der Waals surface area contributed by atoms with Crippen LogP contribution in [-0.4, -0.2) is 23.6 Å². The van der Waals surface area contributed by atoms with Crippen molar-refractivity contribution in [2.45, 2.75) is 6.54 Å². The third kappa shape index (κ3) is 2.73. The van der Waals surface area contributed by atoms with Crippen LogP contribution in [0.5, 0.6) is 0 Å². The van der Waals surface area contributed by atoms with Crippen LogP contribution >= 0.6 is 11.6 Å². The van der Waals surface area contributed by atoms with Gasteiger partial charge in [-0.1, -0.05) is 23.7 Å². The first-order valence-electron chi connectivity index (χ1n) is 3.96. The zero-order valence-electron chi connectivity index (χ0n) is 7.27. The van der Waals surface area contributed by atoms with E-state index >= 15 is 0 Å². The smallest absolute Gasteiger partial charge is 0.423 e. The highest BCUT2D eigenvalue weighted by Crippen LogP contribution is 2.13. The van der Waals surface area contributed by atoms with Crippen molar-refractivity contribution in [3.05, 3.63) is 28.8 Å². The summed E-state index contributed by atoms with van der Waals surface area (Å²) in [5, 5.41) is 20.5. The van der Waals surface area contributed by atoms with Gasteiger partial charge in [0.1, 0.15) is 0 Å². The fraction of sp³-hybridized carbons (Fsp3) is 0.125. The molecule has 0 unspecified atom stereocenters. The maximum atomic E-state index is 10.0. The molecule has 0 aliphatic carbocycles. The molecule has 3 N–H and O–H groups in total. The molecule has 0 radical (unpaired) electrons. The molecule has 1 rings (SSSR count). The molecule has 0 aliphatic heterocycles. The van der Waals surface area contributed by atoms with Gasteiger partial charge in [-0.05, 0) is 17.1 Å². The average Bonchev–Trinajstić information content (AvgIpc) is 2.15. The molecule has 1 amide bonds. The number of halogens is 1. The van der Waals surface area contributed by atoms with Crippen LogP contribution < -0.4 is 10.8 Å². The largest absolute Gasteiger partial charge is 0.488 e. The maximum absolute atomic E-state index is 10.0. The summed E-state index contributed by atoms with van der Waals surface area (Å²) in [6.07, 6.45) is 0.575. The van der Waals surface area contributed by atoms with E-state index in [0.717, 1.165) is 5.56 Å². The first kappa shape index (κ1) is 11.0. The Bertz CT molecular complexity index is 332. The molecule has 1 aromatic rings. The van der Waals surface area contributed by atoms with Gasteiger partial charge in [-0.3, -0.25) is 4.79 Å². The molecule has 0 saturated heterocycles. The van der Waals surface area contributed by atoms with Gasteiger partial charge in [0.15, 0.2) is 0 Å². The Kier molecular flexibility index (Phi) is 3.94. The summed E-state index contributed by atoms with van der Waals surface area (Å²) in [6.45, 7) is 0.324. The molecule has 0 atom stereocenters.